The van der Waals surface area contributed by atoms with E-state index in [1.807, 2.05) is 61.5 Å². The summed E-state index contributed by atoms with van der Waals surface area (Å²) in [5, 5.41) is 53.2. The number of nitrogens with one attached hydrogen (secondary N) is 2. The van der Waals surface area contributed by atoms with Crippen LogP contribution in [0.4, 0.5) is 62.6 Å². The SMILES string of the molecule is CC(=O)Nc1ccc(N=Nc2cc(OCCCS(=O)(=O)O)c(N=Nc3cc(OCCCS(=O)(=O)O)c(N=Nc4cc(C)c(N=Nc5ccc6cc(Nc7ccccc7)ccc6c5O)cc4C)cc3C)cc2C)c(S(=O)(=O)O)c1. The number of ether oxygens (including phenoxy) is 2. The van der Waals surface area contributed by atoms with Gasteiger partial charge in [0, 0.05) is 41.5 Å². The molecule has 0 spiro atoms. The number of fused-ring (bicyclic) bond motifs is 1. The molecular weight excluding hydrogens is 1070 g/mol. The van der Waals surface area contributed by atoms with Crippen molar-refractivity contribution in [1.29, 1.82) is 0 Å². The number of benzene rings is 7. The number of carbonyl (C=O) groups excluding carboxylic acids is 1. The molecule has 6 N–H and O–H groups in total. The van der Waals surface area contributed by atoms with Crippen LogP contribution in [0.15, 0.2) is 161 Å². The highest BCUT2D eigenvalue weighted by Gasteiger charge is 2.19. The molecule has 0 aliphatic heterocycles. The lowest BCUT2D eigenvalue weighted by atomic mass is 10.1. The summed E-state index contributed by atoms with van der Waals surface area (Å²) in [6, 6.07) is 32.0. The van der Waals surface area contributed by atoms with Crippen LogP contribution in [0.1, 0.15) is 42.0 Å². The van der Waals surface area contributed by atoms with Crippen molar-refractivity contribution in [3.63, 3.8) is 0 Å². The number of hydrogen-bond donors (Lipinski definition) is 6. The Hall–Kier alpha value is -8.40. The number of para-hydroxylation sites is 1. The summed E-state index contributed by atoms with van der Waals surface area (Å²) in [6.45, 7) is 7.79. The summed E-state index contributed by atoms with van der Waals surface area (Å²) < 4.78 is 111. The number of phenolic OH excluding ortho intramolecular Hbond substituents is 1. The Morgan fingerprint density at radius 2 is 0.923 bits per heavy atom. The van der Waals surface area contributed by atoms with Gasteiger partial charge in [0.2, 0.25) is 5.91 Å². The largest absolute Gasteiger partial charge is 0.505 e. The van der Waals surface area contributed by atoms with Crippen molar-refractivity contribution in [2.24, 2.45) is 40.9 Å². The van der Waals surface area contributed by atoms with Crippen LogP contribution in [0.2, 0.25) is 0 Å². The molecule has 26 heteroatoms. The number of rotatable bonds is 22. The molecule has 0 aliphatic carbocycles. The van der Waals surface area contributed by atoms with E-state index in [1.54, 1.807) is 45.0 Å². The first-order valence-corrected chi connectivity index (χ1v) is 28.3. The number of phenols is 1. The fourth-order valence-electron chi connectivity index (χ4n) is 7.44. The molecule has 0 aliphatic rings. The third-order valence-corrected chi connectivity index (χ3v) is 13.8. The van der Waals surface area contributed by atoms with Crippen molar-refractivity contribution in [3.8, 4) is 17.2 Å². The Morgan fingerprint density at radius 3 is 1.41 bits per heavy atom. The maximum absolute atomic E-state index is 12.3. The van der Waals surface area contributed by atoms with Crippen LogP contribution in [-0.2, 0) is 35.1 Å². The lowest BCUT2D eigenvalue weighted by Crippen LogP contribution is -2.08. The van der Waals surface area contributed by atoms with E-state index < -0.39 is 52.7 Å². The summed E-state index contributed by atoms with van der Waals surface area (Å²) in [5.41, 5.74) is 5.90. The monoisotopic (exact) mass is 1120 g/mol. The Balaban J connectivity index is 1.16. The van der Waals surface area contributed by atoms with Crippen LogP contribution in [0.5, 0.6) is 17.2 Å². The van der Waals surface area contributed by atoms with Gasteiger partial charge in [-0.15, -0.1) is 20.5 Å². The second-order valence-corrected chi connectivity index (χ2v) is 22.1. The number of nitrogens with zero attached hydrogens (tertiary/aromatic N) is 8. The van der Waals surface area contributed by atoms with Crippen LogP contribution in [-0.4, -0.2) is 74.6 Å². The first kappa shape index (κ1) is 57.3. The van der Waals surface area contributed by atoms with Gasteiger partial charge in [-0.2, -0.15) is 45.7 Å². The molecule has 1 amide bonds. The summed E-state index contributed by atoms with van der Waals surface area (Å²) >= 11 is 0. The van der Waals surface area contributed by atoms with E-state index in [0.29, 0.717) is 39.0 Å². The molecule has 0 heterocycles. The highest BCUT2D eigenvalue weighted by molar-refractivity contribution is 7.86. The smallest absolute Gasteiger partial charge is 0.296 e. The predicted octanol–water partition coefficient (Wildman–Crippen LogP) is 13.7. The minimum Gasteiger partial charge on any atom is -0.505 e. The third-order valence-electron chi connectivity index (χ3n) is 11.3. The van der Waals surface area contributed by atoms with Crippen molar-refractivity contribution in [3.05, 3.63) is 138 Å². The molecule has 0 fully saturated rings. The van der Waals surface area contributed by atoms with Gasteiger partial charge in [-0.25, -0.2) is 0 Å². The molecule has 0 atom stereocenters. The summed E-state index contributed by atoms with van der Waals surface area (Å²) in [4.78, 5) is 10.9. The van der Waals surface area contributed by atoms with Crippen LogP contribution in [0.25, 0.3) is 10.8 Å². The van der Waals surface area contributed by atoms with Crippen LogP contribution < -0.4 is 20.1 Å². The van der Waals surface area contributed by atoms with E-state index >= 15 is 0 Å². The van der Waals surface area contributed by atoms with Gasteiger partial charge < -0.3 is 25.2 Å². The normalized spacial score (nSPS) is 12.4. The predicted molar refractivity (Wildman–Crippen MR) is 294 cm³/mol. The molecule has 0 unspecified atom stereocenters. The maximum Gasteiger partial charge on any atom is 0.296 e. The second-order valence-electron chi connectivity index (χ2n) is 17.6. The number of amides is 1. The van der Waals surface area contributed by atoms with Gasteiger partial charge in [-0.3, -0.25) is 18.5 Å². The second kappa shape index (κ2) is 24.7. The number of hydrogen-bond acceptors (Lipinski definition) is 19. The molecule has 23 nitrogen and oxygen atoms in total. The van der Waals surface area contributed by atoms with E-state index in [9.17, 15) is 48.8 Å². The van der Waals surface area contributed by atoms with E-state index in [-0.39, 0.29) is 83.1 Å². The molecule has 0 bridgehead atoms. The average Bonchev–Trinajstić information content (AvgIpc) is 3.42. The van der Waals surface area contributed by atoms with Crippen molar-refractivity contribution >= 4 is 110 Å². The molecule has 7 aromatic rings. The fourth-order valence-corrected chi connectivity index (χ4v) is 9.05. The van der Waals surface area contributed by atoms with Crippen LogP contribution in [0.3, 0.4) is 0 Å². The molecule has 7 aromatic carbocycles. The number of anilines is 3. The van der Waals surface area contributed by atoms with E-state index in [4.69, 9.17) is 9.47 Å². The first-order chi connectivity index (χ1) is 36.9. The minimum atomic E-state index is -4.84. The third kappa shape index (κ3) is 16.1. The molecular formula is C52H52N10O13S3. The molecule has 406 valence electrons. The average molecular weight is 1120 g/mol. The van der Waals surface area contributed by atoms with Crippen LogP contribution >= 0.6 is 0 Å². The molecule has 0 saturated carbocycles. The number of aryl methyl sites for hydroxylation is 4. The minimum absolute atomic E-state index is 0.0192. The van der Waals surface area contributed by atoms with Gasteiger partial charge in [-0.1, -0.05) is 24.3 Å². The van der Waals surface area contributed by atoms with Gasteiger partial charge in [0.1, 0.15) is 39.1 Å². The molecule has 7 rings (SSSR count). The Kier molecular flexibility index (Phi) is 18.2. The van der Waals surface area contributed by atoms with Gasteiger partial charge in [-0.05, 0) is 147 Å². The topological polar surface area (TPSA) is 342 Å². The Morgan fingerprint density at radius 1 is 0.487 bits per heavy atom. The quantitative estimate of drug-likeness (QED) is 0.0209. The fraction of sp³-hybridized carbons (Fsp3) is 0.212. The van der Waals surface area contributed by atoms with Crippen molar-refractivity contribution in [2.45, 2.75) is 52.4 Å². The van der Waals surface area contributed by atoms with Gasteiger partial charge in [0.05, 0.1) is 47.5 Å². The molecule has 0 radical (unpaired) electrons. The summed E-state index contributed by atoms with van der Waals surface area (Å²) in [6.07, 6.45) is -0.215. The maximum atomic E-state index is 12.3. The number of carbonyl (C=O) groups is 1. The standard InChI is InChI=1S/C52H52N10O13S3/c1-31-24-44(32(2)23-43(31)57-56-42-17-13-36-27-38(14-16-40(36)52(42)64)54-37-11-7-6-8-12-37)58-61-47-26-34(4)46(30-50(47)75-20-10-22-77(68,69)70)60-62-48-25-33(3)45(29-49(48)74-19-9-21-76(65,66)67)59-55-41-18-15-39(53-35(5)63)28-51(41)78(71,72)73/h6-8,11-18,23-30,54,64H,9-10,19-22H2,1-5H3,(H,53,63)(H,65,66,67)(H,68,69,70)(H,71,72,73). The molecule has 0 aromatic heterocycles. The molecule has 78 heavy (non-hydrogen) atoms. The lowest BCUT2D eigenvalue weighted by molar-refractivity contribution is -0.114. The van der Waals surface area contributed by atoms with E-state index in [1.165, 1.54) is 37.3 Å². The van der Waals surface area contributed by atoms with Gasteiger partial charge in [0.15, 0.2) is 5.75 Å². The zero-order valence-corrected chi connectivity index (χ0v) is 44.9. The first-order valence-electron chi connectivity index (χ1n) is 23.6. The number of azo groups is 4. The van der Waals surface area contributed by atoms with Crippen molar-refractivity contribution < 1.29 is 58.3 Å². The van der Waals surface area contributed by atoms with Gasteiger partial charge in [0.25, 0.3) is 30.4 Å². The summed E-state index contributed by atoms with van der Waals surface area (Å²) in [7, 11) is -13.5. The zero-order chi connectivity index (χ0) is 56.4. The lowest BCUT2D eigenvalue weighted by Gasteiger charge is -2.12. The number of aromatic hydroxyl groups is 1. The van der Waals surface area contributed by atoms with Gasteiger partial charge >= 0.3 is 0 Å². The summed E-state index contributed by atoms with van der Waals surface area (Å²) in [5.74, 6) is -1.56. The highest BCUT2D eigenvalue weighted by Crippen LogP contribution is 2.42. The van der Waals surface area contributed by atoms with Crippen molar-refractivity contribution in [2.75, 3.05) is 35.4 Å². The Bertz CT molecular complexity index is 3900. The van der Waals surface area contributed by atoms with Crippen LogP contribution in [0, 0.1) is 27.7 Å². The van der Waals surface area contributed by atoms with Crippen molar-refractivity contribution in [1.82, 2.24) is 0 Å². The Labute approximate surface area is 449 Å². The zero-order valence-electron chi connectivity index (χ0n) is 42.5. The highest BCUT2D eigenvalue weighted by atomic mass is 32.2. The van der Waals surface area contributed by atoms with E-state index in [2.05, 4.69) is 51.5 Å². The molecule has 0 saturated heterocycles. The van der Waals surface area contributed by atoms with E-state index in [0.717, 1.165) is 22.8 Å².